The summed E-state index contributed by atoms with van der Waals surface area (Å²) in [6, 6.07) is 29.4. The summed E-state index contributed by atoms with van der Waals surface area (Å²) < 4.78 is 0. The molecule has 168 valence electrons. The molecule has 31 heavy (non-hydrogen) atoms. The summed E-state index contributed by atoms with van der Waals surface area (Å²) in [5, 5.41) is 0. The molecular formula is C31H44. The molecule has 0 saturated heterocycles. The van der Waals surface area contributed by atoms with Gasteiger partial charge in [0.25, 0.3) is 0 Å². The number of rotatable bonds is 0. The van der Waals surface area contributed by atoms with Gasteiger partial charge in [0.2, 0.25) is 0 Å². The number of benzene rings is 3. The molecule has 4 rings (SSSR count). The molecule has 0 unspecified atom stereocenters. The molecule has 0 heteroatoms. The second-order valence-electron chi connectivity index (χ2n) is 11.9. The molecule has 0 amide bonds. The molecular weight excluding hydrogens is 372 g/mol. The highest BCUT2D eigenvalue weighted by atomic mass is 14.4. The average Bonchev–Trinajstić information content (AvgIpc) is 2.90. The van der Waals surface area contributed by atoms with Crippen LogP contribution >= 0.6 is 0 Å². The van der Waals surface area contributed by atoms with Gasteiger partial charge in [-0.05, 0) is 33.1 Å². The first-order chi connectivity index (χ1) is 14.2. The van der Waals surface area contributed by atoms with Crippen molar-refractivity contribution in [3.8, 4) is 11.1 Å². The van der Waals surface area contributed by atoms with E-state index in [2.05, 4.69) is 118 Å². The van der Waals surface area contributed by atoms with Gasteiger partial charge in [0, 0.05) is 5.41 Å². The summed E-state index contributed by atoms with van der Waals surface area (Å²) in [6.45, 7) is 22.1. The zero-order valence-corrected chi connectivity index (χ0v) is 21.6. The Morgan fingerprint density at radius 3 is 0.903 bits per heavy atom. The van der Waals surface area contributed by atoms with Gasteiger partial charge in [-0.15, -0.1) is 0 Å². The van der Waals surface area contributed by atoms with Crippen LogP contribution in [0, 0.1) is 10.8 Å². The lowest BCUT2D eigenvalue weighted by molar-refractivity contribution is 0.469. The zero-order valence-electron chi connectivity index (χ0n) is 21.6. The largest absolute Gasteiger partial charge is 0.0623 e. The highest BCUT2D eigenvalue weighted by Crippen LogP contribution is 2.47. The molecule has 0 atom stereocenters. The molecule has 0 fully saturated rings. The molecule has 1 aliphatic carbocycles. The number of hydrogen-bond acceptors (Lipinski definition) is 0. The third-order valence-electron chi connectivity index (χ3n) is 4.16. The predicted molar refractivity (Wildman–Crippen MR) is 141 cm³/mol. The van der Waals surface area contributed by atoms with Crippen molar-refractivity contribution in [1.82, 2.24) is 0 Å². The van der Waals surface area contributed by atoms with Crippen molar-refractivity contribution in [2.24, 2.45) is 10.8 Å². The molecule has 0 nitrogen and oxygen atoms in total. The standard InChI is InChI=1S/C15H14.C6H6.2C5H12/c1-15(2)13-9-5-3-7-11(13)12-8-4-6-10-14(12)15;1-2-4-6-5-3-1;2*1-5(2,3)4/h3-10H,1-2H3;1-6H;2*1-4H3. The van der Waals surface area contributed by atoms with E-state index in [0.29, 0.717) is 10.8 Å². The summed E-state index contributed by atoms with van der Waals surface area (Å²) in [5.74, 6) is 0. The Bertz CT molecular complexity index is 789. The molecule has 0 saturated carbocycles. The highest BCUT2D eigenvalue weighted by Gasteiger charge is 2.34. The minimum atomic E-state index is 0.160. The van der Waals surface area contributed by atoms with Crippen LogP contribution in [0.1, 0.15) is 80.4 Å². The van der Waals surface area contributed by atoms with Crippen molar-refractivity contribution < 1.29 is 0 Å². The van der Waals surface area contributed by atoms with Gasteiger partial charge in [-0.3, -0.25) is 0 Å². The van der Waals surface area contributed by atoms with Crippen molar-refractivity contribution in [2.75, 3.05) is 0 Å². The van der Waals surface area contributed by atoms with E-state index in [9.17, 15) is 0 Å². The fraction of sp³-hybridized carbons (Fsp3) is 0.419. The lowest BCUT2D eigenvalue weighted by Gasteiger charge is -2.20. The normalized spacial score (nSPS) is 13.1. The van der Waals surface area contributed by atoms with E-state index < -0.39 is 0 Å². The number of fused-ring (bicyclic) bond motifs is 3. The lowest BCUT2D eigenvalue weighted by Crippen LogP contribution is -2.14. The Morgan fingerprint density at radius 1 is 0.419 bits per heavy atom. The van der Waals surface area contributed by atoms with Gasteiger partial charge >= 0.3 is 0 Å². The predicted octanol–water partition coefficient (Wildman–Crippen LogP) is 9.78. The van der Waals surface area contributed by atoms with Crippen molar-refractivity contribution in [2.45, 2.75) is 74.7 Å². The summed E-state index contributed by atoms with van der Waals surface area (Å²) in [7, 11) is 0. The van der Waals surface area contributed by atoms with E-state index in [1.165, 1.54) is 22.3 Å². The number of hydrogen-bond donors (Lipinski definition) is 0. The van der Waals surface area contributed by atoms with Crippen LogP contribution < -0.4 is 0 Å². The van der Waals surface area contributed by atoms with E-state index in [0.717, 1.165) is 0 Å². The topological polar surface area (TPSA) is 0 Å². The van der Waals surface area contributed by atoms with Crippen molar-refractivity contribution in [1.29, 1.82) is 0 Å². The molecule has 0 aliphatic heterocycles. The Balaban J connectivity index is 0.000000250. The minimum Gasteiger partial charge on any atom is -0.0623 e. The zero-order chi connectivity index (χ0) is 23.7. The first-order valence-corrected chi connectivity index (χ1v) is 11.4. The van der Waals surface area contributed by atoms with E-state index in [1.54, 1.807) is 0 Å². The second kappa shape index (κ2) is 11.3. The van der Waals surface area contributed by atoms with Crippen LogP contribution in [0.25, 0.3) is 11.1 Å². The van der Waals surface area contributed by atoms with Crippen molar-refractivity contribution in [3.63, 3.8) is 0 Å². The van der Waals surface area contributed by atoms with Crippen molar-refractivity contribution >= 4 is 0 Å². The maximum atomic E-state index is 2.30. The van der Waals surface area contributed by atoms with E-state index in [1.807, 2.05) is 36.4 Å². The molecule has 1 aliphatic rings. The van der Waals surface area contributed by atoms with Crippen LogP contribution in [-0.4, -0.2) is 0 Å². The monoisotopic (exact) mass is 416 g/mol. The Labute approximate surface area is 192 Å². The smallest absolute Gasteiger partial charge is 0.0158 e. The molecule has 0 N–H and O–H groups in total. The summed E-state index contributed by atoms with van der Waals surface area (Å²) in [5.41, 5.74) is 6.86. The van der Waals surface area contributed by atoms with Gasteiger partial charge in [-0.25, -0.2) is 0 Å². The van der Waals surface area contributed by atoms with Crippen LogP contribution in [0.2, 0.25) is 0 Å². The average molecular weight is 417 g/mol. The lowest BCUT2D eigenvalue weighted by atomic mass is 9.82. The van der Waals surface area contributed by atoms with Gasteiger partial charge in [0.05, 0.1) is 0 Å². The van der Waals surface area contributed by atoms with Gasteiger partial charge in [-0.2, -0.15) is 0 Å². The van der Waals surface area contributed by atoms with E-state index in [4.69, 9.17) is 0 Å². The van der Waals surface area contributed by atoms with Crippen LogP contribution in [0.15, 0.2) is 84.9 Å². The SMILES string of the molecule is CC(C)(C)C.CC(C)(C)C.CC1(C)c2ccccc2-c2ccccc21.c1ccccc1. The fourth-order valence-corrected chi connectivity index (χ4v) is 3.06. The molecule has 0 bridgehead atoms. The van der Waals surface area contributed by atoms with Gasteiger partial charge < -0.3 is 0 Å². The summed E-state index contributed by atoms with van der Waals surface area (Å²) >= 11 is 0. The van der Waals surface area contributed by atoms with Gasteiger partial charge in [0.1, 0.15) is 0 Å². The van der Waals surface area contributed by atoms with E-state index in [-0.39, 0.29) is 5.41 Å². The first-order valence-electron chi connectivity index (χ1n) is 11.4. The Kier molecular flexibility index (Phi) is 9.75. The quantitative estimate of drug-likeness (QED) is 0.342. The van der Waals surface area contributed by atoms with Crippen LogP contribution in [0.5, 0.6) is 0 Å². The molecule has 3 aromatic rings. The molecule has 0 radical (unpaired) electrons. The maximum absolute atomic E-state index is 2.30. The molecule has 0 aromatic heterocycles. The Morgan fingerprint density at radius 2 is 0.645 bits per heavy atom. The first kappa shape index (κ1) is 26.7. The van der Waals surface area contributed by atoms with Crippen LogP contribution in [0.4, 0.5) is 0 Å². The van der Waals surface area contributed by atoms with Crippen molar-refractivity contribution in [3.05, 3.63) is 96.1 Å². The van der Waals surface area contributed by atoms with E-state index >= 15 is 0 Å². The third kappa shape index (κ3) is 10.5. The van der Waals surface area contributed by atoms with Crippen LogP contribution in [-0.2, 0) is 5.41 Å². The summed E-state index contributed by atoms with van der Waals surface area (Å²) in [6.07, 6.45) is 0. The highest BCUT2D eigenvalue weighted by molar-refractivity contribution is 5.80. The molecule has 3 aromatic carbocycles. The fourth-order valence-electron chi connectivity index (χ4n) is 3.06. The Hall–Kier alpha value is -2.34. The molecule has 0 spiro atoms. The maximum Gasteiger partial charge on any atom is 0.0158 e. The summed E-state index contributed by atoms with van der Waals surface area (Å²) in [4.78, 5) is 0. The third-order valence-corrected chi connectivity index (χ3v) is 4.16. The van der Waals surface area contributed by atoms with Gasteiger partial charge in [-0.1, -0.05) is 154 Å². The van der Waals surface area contributed by atoms with Gasteiger partial charge in [0.15, 0.2) is 0 Å². The van der Waals surface area contributed by atoms with Crippen LogP contribution in [0.3, 0.4) is 0 Å². The molecule has 0 heterocycles. The minimum absolute atomic E-state index is 0.160. The second-order valence-corrected chi connectivity index (χ2v) is 11.9.